The lowest BCUT2D eigenvalue weighted by molar-refractivity contribution is 0.0170. The molecule has 2 N–H and O–H groups in total. The summed E-state index contributed by atoms with van der Waals surface area (Å²) in [5.74, 6) is 2.44. The molecule has 1 unspecified atom stereocenters. The lowest BCUT2D eigenvalue weighted by atomic mass is 10.0. The maximum Gasteiger partial charge on any atom is 0.170 e. The van der Waals surface area contributed by atoms with Crippen LogP contribution < -0.4 is 20.1 Å². The van der Waals surface area contributed by atoms with E-state index >= 15 is 0 Å². The molecule has 1 saturated heterocycles. The smallest absolute Gasteiger partial charge is 0.170 e. The predicted octanol–water partition coefficient (Wildman–Crippen LogP) is 4.85. The summed E-state index contributed by atoms with van der Waals surface area (Å²) in [5, 5.41) is 7.23. The molecule has 33 heavy (non-hydrogen) atoms. The van der Waals surface area contributed by atoms with Crippen molar-refractivity contribution in [1.29, 1.82) is 0 Å². The third-order valence-corrected chi connectivity index (χ3v) is 5.78. The molecule has 1 aliphatic rings. The van der Waals surface area contributed by atoms with Crippen LogP contribution in [0.5, 0.6) is 17.2 Å². The number of rotatable bonds is 8. The number of para-hydroxylation sites is 1. The van der Waals surface area contributed by atoms with Gasteiger partial charge >= 0.3 is 0 Å². The van der Waals surface area contributed by atoms with E-state index in [9.17, 15) is 0 Å². The van der Waals surface area contributed by atoms with Gasteiger partial charge in [0.1, 0.15) is 17.2 Å². The van der Waals surface area contributed by atoms with Crippen LogP contribution in [0.2, 0.25) is 0 Å². The van der Waals surface area contributed by atoms with E-state index in [1.807, 2.05) is 66.7 Å². The van der Waals surface area contributed by atoms with Gasteiger partial charge in [0.15, 0.2) is 5.11 Å². The Kier molecular flexibility index (Phi) is 8.14. The Morgan fingerprint density at radius 2 is 1.55 bits per heavy atom. The molecule has 7 heteroatoms. The van der Waals surface area contributed by atoms with Gasteiger partial charge in [-0.25, -0.2) is 0 Å². The summed E-state index contributed by atoms with van der Waals surface area (Å²) in [4.78, 5) is 2.43. The van der Waals surface area contributed by atoms with Gasteiger partial charge in [-0.3, -0.25) is 4.90 Å². The average Bonchev–Trinajstić information content (AvgIpc) is 2.87. The van der Waals surface area contributed by atoms with Crippen molar-refractivity contribution in [2.75, 3.05) is 45.3 Å². The number of thiocarbonyl (C=S) groups is 1. The van der Waals surface area contributed by atoms with Gasteiger partial charge in [0.05, 0.1) is 26.4 Å². The molecule has 6 nitrogen and oxygen atoms in total. The molecule has 3 aromatic carbocycles. The Bertz CT molecular complexity index is 1010. The van der Waals surface area contributed by atoms with E-state index in [2.05, 4.69) is 27.7 Å². The van der Waals surface area contributed by atoms with Crippen LogP contribution in [0.4, 0.5) is 5.69 Å². The summed E-state index contributed by atoms with van der Waals surface area (Å²) in [6.45, 7) is 3.95. The number of nitrogens with zero attached hydrogens (tertiary/aromatic N) is 1. The first-order chi connectivity index (χ1) is 16.2. The molecular formula is C26H29N3O3S. The third-order valence-electron chi connectivity index (χ3n) is 5.53. The Balaban J connectivity index is 1.34. The second kappa shape index (κ2) is 11.7. The number of morpholine rings is 1. The summed E-state index contributed by atoms with van der Waals surface area (Å²) in [6, 6.07) is 25.9. The van der Waals surface area contributed by atoms with Crippen LogP contribution in [0.25, 0.3) is 0 Å². The Morgan fingerprint density at radius 1 is 0.909 bits per heavy atom. The molecule has 1 atom stereocenters. The molecule has 0 aliphatic carbocycles. The molecule has 0 bridgehead atoms. The van der Waals surface area contributed by atoms with Gasteiger partial charge in [-0.15, -0.1) is 0 Å². The number of methoxy groups -OCH3 is 1. The lowest BCUT2D eigenvalue weighted by Crippen LogP contribution is -2.44. The molecule has 0 saturated carbocycles. The van der Waals surface area contributed by atoms with E-state index in [1.165, 1.54) is 5.56 Å². The van der Waals surface area contributed by atoms with Crippen molar-refractivity contribution in [3.05, 3.63) is 84.4 Å². The maximum atomic E-state index is 5.85. The molecule has 172 valence electrons. The number of nitrogens with one attached hydrogen (secondary N) is 2. The number of benzene rings is 3. The van der Waals surface area contributed by atoms with Crippen LogP contribution in [-0.4, -0.2) is 50.0 Å². The van der Waals surface area contributed by atoms with Crippen molar-refractivity contribution < 1.29 is 14.2 Å². The summed E-state index contributed by atoms with van der Waals surface area (Å²) < 4.78 is 16.7. The Hall–Kier alpha value is -3.13. The largest absolute Gasteiger partial charge is 0.497 e. The normalized spacial score (nSPS) is 14.8. The van der Waals surface area contributed by atoms with Gasteiger partial charge in [-0.1, -0.05) is 30.3 Å². The van der Waals surface area contributed by atoms with Gasteiger partial charge in [0.2, 0.25) is 0 Å². The average molecular weight is 464 g/mol. The van der Waals surface area contributed by atoms with Crippen molar-refractivity contribution in [1.82, 2.24) is 10.2 Å². The first-order valence-electron chi connectivity index (χ1n) is 11.0. The van der Waals surface area contributed by atoms with Gasteiger partial charge in [0, 0.05) is 25.3 Å². The van der Waals surface area contributed by atoms with Crippen LogP contribution in [0.3, 0.4) is 0 Å². The minimum absolute atomic E-state index is 0.182. The zero-order chi connectivity index (χ0) is 22.9. The molecule has 4 rings (SSSR count). The van der Waals surface area contributed by atoms with E-state index in [-0.39, 0.29) is 6.04 Å². The van der Waals surface area contributed by atoms with Crippen molar-refractivity contribution in [2.24, 2.45) is 0 Å². The fourth-order valence-corrected chi connectivity index (χ4v) is 3.97. The Morgan fingerprint density at radius 3 is 2.21 bits per heavy atom. The summed E-state index contributed by atoms with van der Waals surface area (Å²) >= 11 is 5.57. The van der Waals surface area contributed by atoms with Crippen molar-refractivity contribution in [3.8, 4) is 17.2 Å². The molecule has 3 aromatic rings. The van der Waals surface area contributed by atoms with Crippen LogP contribution in [0.1, 0.15) is 11.6 Å². The molecule has 1 fully saturated rings. The number of ether oxygens (including phenoxy) is 3. The fraction of sp³-hybridized carbons (Fsp3) is 0.269. The second-order valence-corrected chi connectivity index (χ2v) is 8.12. The first kappa shape index (κ1) is 23.0. The molecule has 1 aliphatic heterocycles. The zero-order valence-electron chi connectivity index (χ0n) is 18.7. The van der Waals surface area contributed by atoms with Gasteiger partial charge in [-0.05, 0) is 66.3 Å². The molecule has 0 radical (unpaired) electrons. The summed E-state index contributed by atoms with van der Waals surface area (Å²) in [6.07, 6.45) is 0. The van der Waals surface area contributed by atoms with Crippen LogP contribution in [0, 0.1) is 0 Å². The van der Waals surface area contributed by atoms with Crippen molar-refractivity contribution in [3.63, 3.8) is 0 Å². The van der Waals surface area contributed by atoms with Crippen molar-refractivity contribution in [2.45, 2.75) is 6.04 Å². The number of anilines is 1. The highest BCUT2D eigenvalue weighted by Gasteiger charge is 2.23. The van der Waals surface area contributed by atoms with Crippen molar-refractivity contribution >= 4 is 23.0 Å². The first-order valence-corrected chi connectivity index (χ1v) is 11.5. The van der Waals surface area contributed by atoms with E-state index < -0.39 is 0 Å². The minimum Gasteiger partial charge on any atom is -0.497 e. The highest BCUT2D eigenvalue weighted by Crippen LogP contribution is 2.25. The molecule has 0 amide bonds. The number of hydrogen-bond donors (Lipinski definition) is 2. The van der Waals surface area contributed by atoms with E-state index in [4.69, 9.17) is 26.4 Å². The Labute approximate surface area is 200 Å². The lowest BCUT2D eigenvalue weighted by Gasteiger charge is -2.35. The van der Waals surface area contributed by atoms with Gasteiger partial charge < -0.3 is 24.8 Å². The second-order valence-electron chi connectivity index (χ2n) is 7.71. The van der Waals surface area contributed by atoms with Crippen LogP contribution >= 0.6 is 12.2 Å². The minimum atomic E-state index is 0.182. The maximum absolute atomic E-state index is 5.85. The topological polar surface area (TPSA) is 55.0 Å². The standard InChI is InChI=1S/C26H29N3O3S/c1-30-22-11-7-20(8-12-22)25(29-15-17-31-18-16-29)19-27-26(33)28-21-9-13-24(14-10-21)32-23-5-3-2-4-6-23/h2-14,25H,15-19H2,1H3,(H2,27,28,33). The number of hydrogen-bond acceptors (Lipinski definition) is 5. The summed E-state index contributed by atoms with van der Waals surface area (Å²) in [7, 11) is 1.68. The SMILES string of the molecule is COc1ccc(C(CNC(=S)Nc2ccc(Oc3ccccc3)cc2)N2CCOCC2)cc1. The van der Waals surface area contributed by atoms with E-state index in [0.29, 0.717) is 11.7 Å². The molecular weight excluding hydrogens is 434 g/mol. The molecule has 0 spiro atoms. The molecule has 0 aromatic heterocycles. The quantitative estimate of drug-likeness (QED) is 0.463. The van der Waals surface area contributed by atoms with E-state index in [0.717, 1.165) is 49.2 Å². The van der Waals surface area contributed by atoms with Gasteiger partial charge in [-0.2, -0.15) is 0 Å². The highest BCUT2D eigenvalue weighted by molar-refractivity contribution is 7.80. The highest BCUT2D eigenvalue weighted by atomic mass is 32.1. The third kappa shape index (κ3) is 6.68. The zero-order valence-corrected chi connectivity index (χ0v) is 19.5. The van der Waals surface area contributed by atoms with Crippen LogP contribution in [0.15, 0.2) is 78.9 Å². The van der Waals surface area contributed by atoms with Gasteiger partial charge in [0.25, 0.3) is 0 Å². The van der Waals surface area contributed by atoms with E-state index in [1.54, 1.807) is 7.11 Å². The fourth-order valence-electron chi connectivity index (χ4n) is 3.77. The predicted molar refractivity (Wildman–Crippen MR) is 135 cm³/mol. The molecule has 1 heterocycles. The van der Waals surface area contributed by atoms with Crippen LogP contribution in [-0.2, 0) is 4.74 Å². The monoisotopic (exact) mass is 463 g/mol. The summed E-state index contributed by atoms with van der Waals surface area (Å²) in [5.41, 5.74) is 2.12.